The van der Waals surface area contributed by atoms with E-state index in [1.807, 2.05) is 53.4 Å². The molecular weight excluding hydrogens is 362 g/mol. The van der Waals surface area contributed by atoms with Gasteiger partial charge < -0.3 is 0 Å². The molecule has 1 aromatic heterocycles. The van der Waals surface area contributed by atoms with E-state index < -0.39 is 9.84 Å². The zero-order valence-electron chi connectivity index (χ0n) is 11.0. The Hall–Kier alpha value is -0.910. The third-order valence-electron chi connectivity index (χ3n) is 2.67. The Morgan fingerprint density at radius 1 is 1.00 bits per heavy atom. The van der Waals surface area contributed by atoms with Gasteiger partial charge in [-0.25, -0.2) is 13.0 Å². The Morgan fingerprint density at radius 2 is 1.55 bits per heavy atom. The molecule has 0 radical (unpaired) electrons. The first-order chi connectivity index (χ1) is 8.92. The van der Waals surface area contributed by atoms with Gasteiger partial charge in [0.25, 0.3) is 0 Å². The molecule has 0 bridgehead atoms. The molecule has 3 nitrogen and oxygen atoms in total. The molecule has 0 fully saturated rings. The fourth-order valence-electron chi connectivity index (χ4n) is 1.79. The fourth-order valence-corrected chi connectivity index (χ4v) is 2.72. The lowest BCUT2D eigenvalue weighted by Crippen LogP contribution is -2.33. The summed E-state index contributed by atoms with van der Waals surface area (Å²) in [5.74, 6) is 0.0782. The molecule has 0 spiro atoms. The van der Waals surface area contributed by atoms with Gasteiger partial charge in [-0.05, 0) is 17.7 Å². The van der Waals surface area contributed by atoms with E-state index in [1.54, 1.807) is 0 Å². The molecule has 0 saturated carbocycles. The summed E-state index contributed by atoms with van der Waals surface area (Å²) in [6, 6.07) is 11.3. The van der Waals surface area contributed by atoms with Crippen molar-refractivity contribution >= 4 is 38.4 Å². The van der Waals surface area contributed by atoms with Crippen molar-refractivity contribution in [1.29, 1.82) is 0 Å². The van der Waals surface area contributed by atoms with Crippen LogP contribution >= 0.6 is 28.6 Å². The van der Waals surface area contributed by atoms with E-state index in [9.17, 15) is 8.42 Å². The zero-order valence-corrected chi connectivity index (χ0v) is 14.3. The highest BCUT2D eigenvalue weighted by molar-refractivity contribution is 8.93. The summed E-state index contributed by atoms with van der Waals surface area (Å²) in [7, 11) is -2.98. The third kappa shape index (κ3) is 5.61. The van der Waals surface area contributed by atoms with E-state index in [2.05, 4.69) is 0 Å². The van der Waals surface area contributed by atoms with E-state index in [0.29, 0.717) is 0 Å². The van der Waals surface area contributed by atoms with Crippen LogP contribution in [0.1, 0.15) is 11.1 Å². The highest BCUT2D eigenvalue weighted by atomic mass is 79.9. The van der Waals surface area contributed by atoms with Crippen molar-refractivity contribution in [1.82, 2.24) is 0 Å². The van der Waals surface area contributed by atoms with Gasteiger partial charge in [-0.1, -0.05) is 23.7 Å². The van der Waals surface area contributed by atoms with Crippen molar-refractivity contribution in [2.24, 2.45) is 0 Å². The summed E-state index contributed by atoms with van der Waals surface area (Å²) in [6.45, 7) is 0.732. The predicted molar refractivity (Wildman–Crippen MR) is 86.1 cm³/mol. The van der Waals surface area contributed by atoms with Crippen molar-refractivity contribution < 1.29 is 13.0 Å². The number of benzene rings is 1. The van der Waals surface area contributed by atoms with E-state index in [-0.39, 0.29) is 22.7 Å². The zero-order chi connectivity index (χ0) is 13.9. The summed E-state index contributed by atoms with van der Waals surface area (Å²) in [6.07, 6.45) is 5.01. The smallest absolute Gasteiger partial charge is 0.173 e. The summed E-state index contributed by atoms with van der Waals surface area (Å²) in [4.78, 5) is 0. The summed E-state index contributed by atoms with van der Waals surface area (Å²) < 4.78 is 24.4. The maximum Gasteiger partial charge on any atom is 0.173 e. The maximum absolute atomic E-state index is 11.2. The van der Waals surface area contributed by atoms with Gasteiger partial charge in [0.05, 0.1) is 5.75 Å². The lowest BCUT2D eigenvalue weighted by molar-refractivity contribution is -0.688. The fraction of sp³-hybridized carbons (Fsp3) is 0.214. The lowest BCUT2D eigenvalue weighted by Gasteiger charge is -2.00. The molecule has 2 rings (SSSR count). The van der Waals surface area contributed by atoms with E-state index in [1.165, 1.54) is 6.26 Å². The second-order valence-corrected chi connectivity index (χ2v) is 7.15. The van der Waals surface area contributed by atoms with Crippen LogP contribution in [-0.2, 0) is 22.1 Å². The van der Waals surface area contributed by atoms with Crippen LogP contribution in [0.3, 0.4) is 0 Å². The Morgan fingerprint density at radius 3 is 2.05 bits per heavy atom. The SMILES string of the molecule is Br.CS(=O)(=O)Cc1cc[n+](Cc2ccc(Cl)cc2)cc1. The number of sulfone groups is 1. The number of aromatic nitrogens is 1. The Bertz CT molecular complexity index is 655. The molecule has 0 aliphatic heterocycles. The molecule has 0 amide bonds. The van der Waals surface area contributed by atoms with Crippen molar-refractivity contribution in [2.75, 3.05) is 6.26 Å². The average Bonchev–Trinajstić information content (AvgIpc) is 2.33. The number of hydrogen-bond acceptors (Lipinski definition) is 2. The summed E-state index contributed by atoms with van der Waals surface area (Å²) in [5.41, 5.74) is 1.94. The quantitative estimate of drug-likeness (QED) is 0.769. The van der Waals surface area contributed by atoms with Gasteiger partial charge in [0.15, 0.2) is 28.8 Å². The molecule has 1 heterocycles. The van der Waals surface area contributed by atoms with E-state index in [4.69, 9.17) is 11.6 Å². The molecule has 108 valence electrons. The first-order valence-electron chi connectivity index (χ1n) is 5.82. The van der Waals surface area contributed by atoms with Gasteiger partial charge in [0, 0.05) is 29.0 Å². The number of pyridine rings is 1. The first kappa shape index (κ1) is 17.1. The largest absolute Gasteiger partial charge is 0.229 e. The monoisotopic (exact) mass is 376 g/mol. The standard InChI is InChI=1S/C14H15ClNO2S.BrH/c1-19(17,18)11-13-6-8-16(9-7-13)10-12-2-4-14(15)5-3-12;/h2-9H,10-11H2,1H3;1H/q+1;. The normalized spacial score (nSPS) is 10.9. The maximum atomic E-state index is 11.2. The minimum absolute atomic E-state index is 0. The van der Waals surface area contributed by atoms with Gasteiger partial charge in [0.2, 0.25) is 0 Å². The highest BCUT2D eigenvalue weighted by Gasteiger charge is 2.07. The van der Waals surface area contributed by atoms with Crippen molar-refractivity contribution in [3.63, 3.8) is 0 Å². The molecule has 0 unspecified atom stereocenters. The van der Waals surface area contributed by atoms with Crippen molar-refractivity contribution in [3.8, 4) is 0 Å². The second-order valence-electron chi connectivity index (χ2n) is 4.58. The number of nitrogens with zero attached hydrogens (tertiary/aromatic N) is 1. The van der Waals surface area contributed by atoms with Crippen LogP contribution in [0.15, 0.2) is 48.8 Å². The summed E-state index contributed by atoms with van der Waals surface area (Å²) in [5, 5.41) is 0.720. The van der Waals surface area contributed by atoms with Gasteiger partial charge in [-0.2, -0.15) is 0 Å². The third-order valence-corrected chi connectivity index (χ3v) is 3.78. The number of hydrogen-bond donors (Lipinski definition) is 0. The summed E-state index contributed by atoms with van der Waals surface area (Å²) >= 11 is 5.83. The van der Waals surface area contributed by atoms with Crippen LogP contribution in [0.5, 0.6) is 0 Å². The molecule has 0 saturated heterocycles. The van der Waals surface area contributed by atoms with Gasteiger partial charge in [0.1, 0.15) is 0 Å². The van der Waals surface area contributed by atoms with Crippen LogP contribution in [0.25, 0.3) is 0 Å². The molecular formula is C14H16BrClNO2S+. The van der Waals surface area contributed by atoms with Gasteiger partial charge in [-0.3, -0.25) is 0 Å². The predicted octanol–water partition coefficient (Wildman–Crippen LogP) is 2.80. The molecule has 6 heteroatoms. The molecule has 0 N–H and O–H groups in total. The van der Waals surface area contributed by atoms with Gasteiger partial charge >= 0.3 is 0 Å². The van der Waals surface area contributed by atoms with Crippen LogP contribution in [-0.4, -0.2) is 14.7 Å². The van der Waals surface area contributed by atoms with Crippen LogP contribution < -0.4 is 4.57 Å². The van der Waals surface area contributed by atoms with Crippen LogP contribution in [0, 0.1) is 0 Å². The van der Waals surface area contributed by atoms with E-state index >= 15 is 0 Å². The minimum Gasteiger partial charge on any atom is -0.229 e. The molecule has 1 aromatic carbocycles. The molecule has 2 aromatic rings. The first-order valence-corrected chi connectivity index (χ1v) is 8.26. The molecule has 20 heavy (non-hydrogen) atoms. The molecule has 0 aliphatic carbocycles. The Balaban J connectivity index is 0.00000200. The van der Waals surface area contributed by atoms with Crippen molar-refractivity contribution in [3.05, 3.63) is 64.9 Å². The van der Waals surface area contributed by atoms with E-state index in [0.717, 1.165) is 22.7 Å². The number of halogens is 2. The molecule has 0 atom stereocenters. The Labute approximate surface area is 134 Å². The second kappa shape index (κ2) is 7.20. The minimum atomic E-state index is -2.98. The lowest BCUT2D eigenvalue weighted by atomic mass is 10.2. The highest BCUT2D eigenvalue weighted by Crippen LogP contribution is 2.09. The van der Waals surface area contributed by atoms with Crippen molar-refractivity contribution in [2.45, 2.75) is 12.3 Å². The number of rotatable bonds is 4. The van der Waals surface area contributed by atoms with Crippen LogP contribution in [0.4, 0.5) is 0 Å². The van der Waals surface area contributed by atoms with Crippen LogP contribution in [0.2, 0.25) is 5.02 Å². The Kier molecular flexibility index (Phi) is 6.17. The van der Waals surface area contributed by atoms with Gasteiger partial charge in [-0.15, -0.1) is 17.0 Å². The average molecular weight is 378 g/mol. The topological polar surface area (TPSA) is 38.0 Å². The molecule has 0 aliphatic rings.